The van der Waals surface area contributed by atoms with Gasteiger partial charge in [0.2, 0.25) is 10.0 Å². The Morgan fingerprint density at radius 1 is 0.897 bits per heavy atom. The number of hydrogen-bond acceptors (Lipinski definition) is 7. The van der Waals surface area contributed by atoms with Gasteiger partial charge in [0.1, 0.15) is 0 Å². The Hall–Kier alpha value is -3.04. The highest BCUT2D eigenvalue weighted by Crippen LogP contribution is 2.32. The maximum Gasteiger partial charge on any atom is 0.320 e. The van der Waals surface area contributed by atoms with Gasteiger partial charge in [-0.25, -0.2) is 13.6 Å². The van der Waals surface area contributed by atoms with Crippen molar-refractivity contribution in [1.82, 2.24) is 0 Å². The number of benzene rings is 2. The van der Waals surface area contributed by atoms with Gasteiger partial charge in [-0.2, -0.15) is 0 Å². The van der Waals surface area contributed by atoms with Gasteiger partial charge in [0.15, 0.2) is 11.7 Å². The Morgan fingerprint density at radius 3 is 1.86 bits per heavy atom. The van der Waals surface area contributed by atoms with Crippen LogP contribution in [0.25, 0.3) is 0 Å². The van der Waals surface area contributed by atoms with Crippen molar-refractivity contribution < 1.29 is 32.3 Å². The number of carbonyl (C=O) groups is 3. The van der Waals surface area contributed by atoms with Crippen molar-refractivity contribution in [3.8, 4) is 0 Å². The number of nitrogens with two attached hydrogens (primary N) is 1. The van der Waals surface area contributed by atoms with Crippen LogP contribution in [0.15, 0.2) is 59.5 Å². The number of primary sulfonamides is 1. The van der Waals surface area contributed by atoms with Crippen LogP contribution in [0.3, 0.4) is 0 Å². The van der Waals surface area contributed by atoms with Crippen LogP contribution in [-0.2, 0) is 29.1 Å². The summed E-state index contributed by atoms with van der Waals surface area (Å²) in [6.45, 7) is 0. The van der Waals surface area contributed by atoms with Gasteiger partial charge in [-0.05, 0) is 17.7 Å². The number of ketones is 1. The molecule has 154 valence electrons. The van der Waals surface area contributed by atoms with Crippen LogP contribution in [0.5, 0.6) is 0 Å². The summed E-state index contributed by atoms with van der Waals surface area (Å²) in [5.41, 5.74) is 0.801. The summed E-state index contributed by atoms with van der Waals surface area (Å²) in [7, 11) is -1.59. The number of methoxy groups -OCH3 is 2. The molecule has 29 heavy (non-hydrogen) atoms. The van der Waals surface area contributed by atoms with E-state index in [2.05, 4.69) is 0 Å². The number of carbonyl (C=O) groups excluding carboxylic acids is 3. The molecule has 0 spiro atoms. The number of rotatable bonds is 8. The van der Waals surface area contributed by atoms with E-state index in [1.165, 1.54) is 24.3 Å². The highest BCUT2D eigenvalue weighted by atomic mass is 32.2. The van der Waals surface area contributed by atoms with E-state index in [4.69, 9.17) is 14.6 Å². The summed E-state index contributed by atoms with van der Waals surface area (Å²) in [6.07, 6.45) is -0.201. The molecular formula is C20H21NO7S. The summed E-state index contributed by atoms with van der Waals surface area (Å²) in [6, 6.07) is 13.7. The molecule has 1 atom stereocenters. The summed E-state index contributed by atoms with van der Waals surface area (Å²) < 4.78 is 32.2. The zero-order chi connectivity index (χ0) is 21.6. The first-order valence-corrected chi connectivity index (χ1v) is 10.1. The van der Waals surface area contributed by atoms with E-state index in [0.717, 1.165) is 14.2 Å². The molecule has 0 aliphatic heterocycles. The minimum absolute atomic E-state index is 0.129. The Labute approximate surface area is 168 Å². The third-order valence-corrected chi connectivity index (χ3v) is 5.38. The molecule has 2 N–H and O–H groups in total. The third-order valence-electron chi connectivity index (χ3n) is 4.45. The van der Waals surface area contributed by atoms with Crippen molar-refractivity contribution in [2.45, 2.75) is 17.2 Å². The van der Waals surface area contributed by atoms with Crippen LogP contribution >= 0.6 is 0 Å². The topological polar surface area (TPSA) is 130 Å². The van der Waals surface area contributed by atoms with Crippen molar-refractivity contribution in [2.24, 2.45) is 11.1 Å². The SMILES string of the molecule is COC(=O)C(C(=O)OC)C(CC(=O)c1ccc(S(N)(=O)=O)cc1)c1ccccc1. The molecule has 0 saturated heterocycles. The minimum Gasteiger partial charge on any atom is -0.468 e. The molecule has 0 saturated carbocycles. The van der Waals surface area contributed by atoms with Gasteiger partial charge in [-0.15, -0.1) is 0 Å². The maximum absolute atomic E-state index is 12.8. The molecule has 2 rings (SSSR count). The first kappa shape index (κ1) is 22.3. The van der Waals surface area contributed by atoms with Crippen molar-refractivity contribution in [2.75, 3.05) is 14.2 Å². The van der Waals surface area contributed by atoms with E-state index in [-0.39, 0.29) is 16.9 Å². The fraction of sp³-hybridized carbons (Fsp3) is 0.250. The van der Waals surface area contributed by atoms with Gasteiger partial charge >= 0.3 is 11.9 Å². The van der Waals surface area contributed by atoms with E-state index in [9.17, 15) is 22.8 Å². The van der Waals surface area contributed by atoms with Crippen LogP contribution in [0.4, 0.5) is 0 Å². The molecule has 0 fully saturated rings. The lowest BCUT2D eigenvalue weighted by atomic mass is 9.81. The molecule has 2 aromatic rings. The van der Waals surface area contributed by atoms with Gasteiger partial charge in [-0.1, -0.05) is 42.5 Å². The van der Waals surface area contributed by atoms with Crippen LogP contribution in [0.2, 0.25) is 0 Å². The zero-order valence-corrected chi connectivity index (χ0v) is 16.7. The predicted octanol–water partition coefficient (Wildman–Crippen LogP) is 1.65. The van der Waals surface area contributed by atoms with Crippen molar-refractivity contribution in [1.29, 1.82) is 0 Å². The molecular weight excluding hydrogens is 398 g/mol. The molecule has 0 bridgehead atoms. The van der Waals surface area contributed by atoms with Gasteiger partial charge in [-0.3, -0.25) is 14.4 Å². The fourth-order valence-corrected chi connectivity index (χ4v) is 3.47. The third kappa shape index (κ3) is 5.49. The molecule has 0 radical (unpaired) electrons. The summed E-state index contributed by atoms with van der Waals surface area (Å²) in [5, 5.41) is 5.06. The molecule has 0 amide bonds. The number of Topliss-reactive ketones (excluding diaryl/α,β-unsaturated/α-hetero) is 1. The van der Waals surface area contributed by atoms with Crippen LogP contribution in [-0.4, -0.2) is 40.4 Å². The van der Waals surface area contributed by atoms with Gasteiger partial charge in [0.25, 0.3) is 0 Å². The van der Waals surface area contributed by atoms with E-state index in [1.807, 2.05) is 0 Å². The predicted molar refractivity (Wildman–Crippen MR) is 103 cm³/mol. The average molecular weight is 419 g/mol. The lowest BCUT2D eigenvalue weighted by molar-refractivity contribution is -0.159. The minimum atomic E-state index is -3.89. The maximum atomic E-state index is 12.8. The first-order valence-electron chi connectivity index (χ1n) is 8.55. The van der Waals surface area contributed by atoms with E-state index < -0.39 is 39.6 Å². The smallest absolute Gasteiger partial charge is 0.320 e. The molecule has 9 heteroatoms. The second-order valence-corrected chi connectivity index (χ2v) is 7.80. The van der Waals surface area contributed by atoms with Gasteiger partial charge in [0, 0.05) is 17.9 Å². The largest absolute Gasteiger partial charge is 0.468 e. The van der Waals surface area contributed by atoms with Crippen LogP contribution in [0.1, 0.15) is 28.3 Å². The molecule has 8 nitrogen and oxygen atoms in total. The van der Waals surface area contributed by atoms with Crippen LogP contribution in [0, 0.1) is 5.92 Å². The second kappa shape index (κ2) is 9.44. The molecule has 0 aliphatic rings. The normalized spacial score (nSPS) is 12.3. The number of hydrogen-bond donors (Lipinski definition) is 1. The van der Waals surface area contributed by atoms with Gasteiger partial charge < -0.3 is 9.47 Å². The average Bonchev–Trinajstić information content (AvgIpc) is 2.72. The Bertz CT molecular complexity index is 969. The molecule has 0 heterocycles. The van der Waals surface area contributed by atoms with E-state index >= 15 is 0 Å². The first-order chi connectivity index (χ1) is 13.7. The zero-order valence-electron chi connectivity index (χ0n) is 15.9. The monoisotopic (exact) mass is 419 g/mol. The summed E-state index contributed by atoms with van der Waals surface area (Å²) >= 11 is 0. The van der Waals surface area contributed by atoms with Crippen molar-refractivity contribution >= 4 is 27.7 Å². The summed E-state index contributed by atoms with van der Waals surface area (Å²) in [5.74, 6) is -4.19. The quantitative estimate of drug-likeness (QED) is 0.391. The highest BCUT2D eigenvalue weighted by molar-refractivity contribution is 7.89. The highest BCUT2D eigenvalue weighted by Gasteiger charge is 2.39. The van der Waals surface area contributed by atoms with Crippen LogP contribution < -0.4 is 5.14 Å². The van der Waals surface area contributed by atoms with Crippen molar-refractivity contribution in [3.63, 3.8) is 0 Å². The Kier molecular flexibility index (Phi) is 7.24. The lowest BCUT2D eigenvalue weighted by Crippen LogP contribution is -2.33. The molecule has 0 aromatic heterocycles. The van der Waals surface area contributed by atoms with E-state index in [0.29, 0.717) is 5.56 Å². The van der Waals surface area contributed by atoms with Gasteiger partial charge in [0.05, 0.1) is 19.1 Å². The number of ether oxygens (including phenoxy) is 2. The van der Waals surface area contributed by atoms with Crippen molar-refractivity contribution in [3.05, 3.63) is 65.7 Å². The van der Waals surface area contributed by atoms with E-state index in [1.54, 1.807) is 30.3 Å². The molecule has 2 aromatic carbocycles. The lowest BCUT2D eigenvalue weighted by Gasteiger charge is -2.23. The Balaban J connectivity index is 2.40. The Morgan fingerprint density at radius 2 is 1.41 bits per heavy atom. The second-order valence-electron chi connectivity index (χ2n) is 6.24. The standard InChI is InChI=1S/C20H21NO7S/c1-27-19(23)18(20(24)28-2)16(13-6-4-3-5-7-13)12-17(22)14-8-10-15(11-9-14)29(21,25)26/h3-11,16,18H,12H2,1-2H3,(H2,21,25,26). The number of sulfonamides is 1. The summed E-state index contributed by atoms with van der Waals surface area (Å²) in [4.78, 5) is 37.3. The number of esters is 2. The molecule has 0 aliphatic carbocycles. The fourth-order valence-electron chi connectivity index (χ4n) is 2.96. The molecule has 1 unspecified atom stereocenters.